The summed E-state index contributed by atoms with van der Waals surface area (Å²) < 4.78 is 23.8. The Balaban J connectivity index is 1.21. The first-order valence-corrected chi connectivity index (χ1v) is 11.6. The van der Waals surface area contributed by atoms with Crippen LogP contribution >= 0.6 is 0 Å². The zero-order valence-electron chi connectivity index (χ0n) is 19.4. The molecule has 10 heteroatoms. The number of nitrogens with one attached hydrogen (secondary N) is 2. The summed E-state index contributed by atoms with van der Waals surface area (Å²) in [7, 11) is 0. The van der Waals surface area contributed by atoms with E-state index < -0.39 is 5.92 Å². The van der Waals surface area contributed by atoms with Crippen LogP contribution in [0.5, 0.6) is 5.75 Å². The molecule has 0 bridgehead atoms. The molecule has 2 heterocycles. The van der Waals surface area contributed by atoms with Crippen molar-refractivity contribution in [3.05, 3.63) is 54.3 Å². The minimum Gasteiger partial charge on any atom is -0.484 e. The van der Waals surface area contributed by atoms with Gasteiger partial charge in [0.2, 0.25) is 11.8 Å². The lowest BCUT2D eigenvalue weighted by Crippen LogP contribution is -2.42. The van der Waals surface area contributed by atoms with Crippen molar-refractivity contribution in [1.82, 2.24) is 10.2 Å². The molecular weight excluding hydrogens is 455 g/mol. The average molecular weight is 485 g/mol. The van der Waals surface area contributed by atoms with Gasteiger partial charge in [-0.1, -0.05) is 0 Å². The van der Waals surface area contributed by atoms with Crippen LogP contribution in [0.4, 0.5) is 15.8 Å². The third kappa shape index (κ3) is 7.00. The number of amides is 3. The molecule has 186 valence electrons. The zero-order valence-corrected chi connectivity index (χ0v) is 19.4. The van der Waals surface area contributed by atoms with Crippen molar-refractivity contribution in [2.75, 3.05) is 62.8 Å². The van der Waals surface area contributed by atoms with E-state index in [1.807, 2.05) is 0 Å². The van der Waals surface area contributed by atoms with Gasteiger partial charge in [0.25, 0.3) is 5.91 Å². The number of rotatable bonds is 9. The quantitative estimate of drug-likeness (QED) is 0.562. The maximum absolute atomic E-state index is 13.0. The lowest BCUT2D eigenvalue weighted by Gasteiger charge is -2.26. The number of carbonyl (C=O) groups is 3. The van der Waals surface area contributed by atoms with Gasteiger partial charge in [-0.3, -0.25) is 19.3 Å². The zero-order chi connectivity index (χ0) is 24.6. The van der Waals surface area contributed by atoms with Crippen molar-refractivity contribution < 1.29 is 28.2 Å². The van der Waals surface area contributed by atoms with Gasteiger partial charge in [-0.25, -0.2) is 4.39 Å². The molecule has 35 heavy (non-hydrogen) atoms. The highest BCUT2D eigenvalue weighted by atomic mass is 19.1. The van der Waals surface area contributed by atoms with E-state index >= 15 is 0 Å². The third-order valence-electron chi connectivity index (χ3n) is 5.97. The second kappa shape index (κ2) is 11.8. The molecule has 1 atom stereocenters. The highest BCUT2D eigenvalue weighted by Gasteiger charge is 2.35. The summed E-state index contributed by atoms with van der Waals surface area (Å²) in [6, 6.07) is 12.2. The molecule has 2 saturated heterocycles. The van der Waals surface area contributed by atoms with Gasteiger partial charge in [-0.15, -0.1) is 0 Å². The minimum atomic E-state index is -0.390. The summed E-state index contributed by atoms with van der Waals surface area (Å²) in [6.45, 7) is 4.58. The fourth-order valence-electron chi connectivity index (χ4n) is 4.04. The highest BCUT2D eigenvalue weighted by molar-refractivity contribution is 6.00. The molecule has 9 nitrogen and oxygen atoms in total. The molecular formula is C25H29FN4O5. The maximum atomic E-state index is 13.0. The molecule has 2 N–H and O–H groups in total. The van der Waals surface area contributed by atoms with E-state index in [1.165, 1.54) is 24.3 Å². The van der Waals surface area contributed by atoms with Gasteiger partial charge in [-0.2, -0.15) is 0 Å². The Bertz CT molecular complexity index is 1030. The molecule has 0 saturated carbocycles. The Morgan fingerprint density at radius 3 is 2.49 bits per heavy atom. The van der Waals surface area contributed by atoms with Crippen LogP contribution in [-0.4, -0.2) is 75.2 Å². The smallest absolute Gasteiger partial charge is 0.262 e. The number of benzene rings is 2. The van der Waals surface area contributed by atoms with E-state index in [9.17, 15) is 18.8 Å². The molecule has 0 aromatic heterocycles. The molecule has 0 unspecified atom stereocenters. The molecule has 2 aromatic rings. The van der Waals surface area contributed by atoms with Gasteiger partial charge < -0.3 is 25.0 Å². The van der Waals surface area contributed by atoms with Crippen LogP contribution in [0.2, 0.25) is 0 Å². The second-order valence-electron chi connectivity index (χ2n) is 8.49. The monoisotopic (exact) mass is 484 g/mol. The van der Waals surface area contributed by atoms with E-state index in [0.29, 0.717) is 43.4 Å². The summed E-state index contributed by atoms with van der Waals surface area (Å²) in [6.07, 6.45) is 0.172. The molecule has 2 aliphatic heterocycles. The van der Waals surface area contributed by atoms with Crippen molar-refractivity contribution in [2.45, 2.75) is 6.42 Å². The van der Waals surface area contributed by atoms with E-state index in [1.54, 1.807) is 29.2 Å². The molecule has 0 aliphatic carbocycles. The van der Waals surface area contributed by atoms with Gasteiger partial charge in [0.15, 0.2) is 6.61 Å². The van der Waals surface area contributed by atoms with Crippen LogP contribution in [0, 0.1) is 11.7 Å². The molecule has 0 spiro atoms. The minimum absolute atomic E-state index is 0.106. The summed E-state index contributed by atoms with van der Waals surface area (Å²) in [5.74, 6) is -0.901. The number of carbonyl (C=O) groups excluding carboxylic acids is 3. The van der Waals surface area contributed by atoms with Gasteiger partial charge in [0, 0.05) is 50.5 Å². The summed E-state index contributed by atoms with van der Waals surface area (Å²) in [4.78, 5) is 40.9. The number of anilines is 2. The fraction of sp³-hybridized carbons (Fsp3) is 0.400. The first-order valence-electron chi connectivity index (χ1n) is 11.6. The van der Waals surface area contributed by atoms with E-state index in [2.05, 4.69) is 15.5 Å². The Kier molecular flexibility index (Phi) is 8.27. The number of halogens is 1. The molecule has 2 aromatic carbocycles. The van der Waals surface area contributed by atoms with Gasteiger partial charge >= 0.3 is 0 Å². The van der Waals surface area contributed by atoms with Gasteiger partial charge in [0.1, 0.15) is 11.6 Å². The van der Waals surface area contributed by atoms with E-state index in [-0.39, 0.29) is 36.6 Å². The van der Waals surface area contributed by atoms with Gasteiger partial charge in [-0.05, 0) is 48.5 Å². The van der Waals surface area contributed by atoms with Crippen LogP contribution in [0.1, 0.15) is 6.42 Å². The van der Waals surface area contributed by atoms with Crippen LogP contribution < -0.4 is 20.3 Å². The normalized spacial score (nSPS) is 18.4. The van der Waals surface area contributed by atoms with Crippen LogP contribution in [0.3, 0.4) is 0 Å². The predicted molar refractivity (Wildman–Crippen MR) is 128 cm³/mol. The Hall–Kier alpha value is -3.50. The predicted octanol–water partition coefficient (Wildman–Crippen LogP) is 1.64. The van der Waals surface area contributed by atoms with Crippen molar-refractivity contribution in [2.24, 2.45) is 5.92 Å². The summed E-state index contributed by atoms with van der Waals surface area (Å²) in [5.41, 5.74) is 1.14. The van der Waals surface area contributed by atoms with Crippen molar-refractivity contribution in [3.8, 4) is 5.75 Å². The molecule has 2 fully saturated rings. The highest BCUT2D eigenvalue weighted by Crippen LogP contribution is 2.27. The fourth-order valence-corrected chi connectivity index (χ4v) is 4.04. The number of ether oxygens (including phenoxy) is 2. The molecule has 2 aliphatic rings. The van der Waals surface area contributed by atoms with Crippen molar-refractivity contribution >= 4 is 29.1 Å². The average Bonchev–Trinajstić information content (AvgIpc) is 3.27. The van der Waals surface area contributed by atoms with Crippen LogP contribution in [0.25, 0.3) is 0 Å². The Morgan fingerprint density at radius 2 is 1.77 bits per heavy atom. The number of nitrogens with zero attached hydrogens (tertiary/aromatic N) is 2. The lowest BCUT2D eigenvalue weighted by atomic mass is 10.1. The maximum Gasteiger partial charge on any atom is 0.262 e. The Labute approximate surface area is 203 Å². The first kappa shape index (κ1) is 24.6. The number of hydrogen-bond donors (Lipinski definition) is 2. The lowest BCUT2D eigenvalue weighted by molar-refractivity contribution is -0.126. The van der Waals surface area contributed by atoms with E-state index in [4.69, 9.17) is 9.47 Å². The number of morpholine rings is 1. The topological polar surface area (TPSA) is 100 Å². The summed E-state index contributed by atoms with van der Waals surface area (Å²) in [5, 5.41) is 5.56. The molecule has 3 amide bonds. The first-order chi connectivity index (χ1) is 17.0. The third-order valence-corrected chi connectivity index (χ3v) is 5.97. The second-order valence-corrected chi connectivity index (χ2v) is 8.49. The molecule has 0 radical (unpaired) electrons. The van der Waals surface area contributed by atoms with Crippen LogP contribution in [-0.2, 0) is 19.1 Å². The summed E-state index contributed by atoms with van der Waals surface area (Å²) >= 11 is 0. The standard InChI is InChI=1S/C25H29FN4O5/c26-19-1-3-20(4-2-19)28-23(31)17-35-22-7-5-21(6-8-22)30-16-18(15-24(30)32)25(33)27-9-10-29-11-13-34-14-12-29/h1-8,18H,9-17H2,(H,27,33)(H,28,31)/t18-/m1/s1. The number of hydrogen-bond acceptors (Lipinski definition) is 6. The Morgan fingerprint density at radius 1 is 1.06 bits per heavy atom. The van der Waals surface area contributed by atoms with Crippen LogP contribution in [0.15, 0.2) is 48.5 Å². The van der Waals surface area contributed by atoms with Crippen molar-refractivity contribution in [3.63, 3.8) is 0 Å². The molecule has 4 rings (SSSR count). The van der Waals surface area contributed by atoms with Crippen molar-refractivity contribution in [1.29, 1.82) is 0 Å². The van der Waals surface area contributed by atoms with E-state index in [0.717, 1.165) is 19.6 Å². The SMILES string of the molecule is O=C(COc1ccc(N2C[C@H](C(=O)NCCN3CCOCC3)CC2=O)cc1)Nc1ccc(F)cc1. The largest absolute Gasteiger partial charge is 0.484 e. The van der Waals surface area contributed by atoms with Gasteiger partial charge in [0.05, 0.1) is 19.1 Å².